The van der Waals surface area contributed by atoms with Crippen molar-refractivity contribution in [3.8, 4) is 11.8 Å². The van der Waals surface area contributed by atoms with Crippen molar-refractivity contribution in [1.82, 2.24) is 0 Å². The molecule has 172 valence electrons. The second-order valence-corrected chi connectivity index (χ2v) is 8.34. The zero-order valence-electron chi connectivity index (χ0n) is 17.9. The Labute approximate surface area is 211 Å². The Hall–Kier alpha value is -3.50. The van der Waals surface area contributed by atoms with E-state index in [-0.39, 0.29) is 28.0 Å². The number of nitrogens with one attached hydrogen (secondary N) is 2. The van der Waals surface area contributed by atoms with Crippen LogP contribution in [0.2, 0.25) is 15.1 Å². The Morgan fingerprint density at radius 3 is 2.24 bits per heavy atom. The third-order valence-electron chi connectivity index (χ3n) is 4.50. The van der Waals surface area contributed by atoms with E-state index in [4.69, 9.17) is 39.5 Å². The van der Waals surface area contributed by atoms with Gasteiger partial charge in [-0.05, 0) is 55.0 Å². The number of carbonyl (C=O) groups is 2. The predicted octanol–water partition coefficient (Wildman–Crippen LogP) is 6.52. The van der Waals surface area contributed by atoms with Crippen molar-refractivity contribution in [1.29, 1.82) is 5.26 Å². The van der Waals surface area contributed by atoms with Crippen LogP contribution in [0.4, 0.5) is 11.4 Å². The topological polar surface area (TPSA) is 91.2 Å². The summed E-state index contributed by atoms with van der Waals surface area (Å²) in [6.45, 7) is 1.57. The Kier molecular flexibility index (Phi) is 8.55. The summed E-state index contributed by atoms with van der Waals surface area (Å²) in [6.07, 6.45) is 1.36. The molecule has 2 N–H and O–H groups in total. The second kappa shape index (κ2) is 11.6. The lowest BCUT2D eigenvalue weighted by atomic mass is 10.1. The number of para-hydroxylation sites is 1. The summed E-state index contributed by atoms with van der Waals surface area (Å²) in [6, 6.07) is 18.8. The molecule has 0 heterocycles. The number of carbonyl (C=O) groups excluding carboxylic acids is 2. The van der Waals surface area contributed by atoms with Gasteiger partial charge >= 0.3 is 0 Å². The summed E-state index contributed by atoms with van der Waals surface area (Å²) in [5.41, 5.74) is 2.33. The van der Waals surface area contributed by atoms with E-state index < -0.39 is 11.8 Å². The number of rotatable bonds is 7. The van der Waals surface area contributed by atoms with Crippen LogP contribution in [-0.2, 0) is 9.59 Å². The zero-order chi connectivity index (χ0) is 24.7. The lowest BCUT2D eigenvalue weighted by molar-refractivity contribution is -0.118. The number of aryl methyl sites for hydroxylation is 1. The van der Waals surface area contributed by atoms with Gasteiger partial charge in [0, 0.05) is 5.69 Å². The minimum atomic E-state index is -0.574. The van der Waals surface area contributed by atoms with Gasteiger partial charge in [-0.15, -0.1) is 0 Å². The van der Waals surface area contributed by atoms with Crippen molar-refractivity contribution in [2.75, 3.05) is 17.2 Å². The summed E-state index contributed by atoms with van der Waals surface area (Å²) < 4.78 is 5.48. The van der Waals surface area contributed by atoms with Crippen molar-refractivity contribution in [3.05, 3.63) is 92.4 Å². The van der Waals surface area contributed by atoms with E-state index >= 15 is 0 Å². The number of hydrogen-bond donors (Lipinski definition) is 2. The minimum absolute atomic E-state index is 0.0948. The summed E-state index contributed by atoms with van der Waals surface area (Å²) >= 11 is 18.6. The number of anilines is 2. The fraction of sp³-hybridized carbons (Fsp3) is 0.0800. The average Bonchev–Trinajstić information content (AvgIpc) is 2.80. The molecule has 0 aliphatic carbocycles. The highest BCUT2D eigenvalue weighted by Gasteiger charge is 2.15. The van der Waals surface area contributed by atoms with E-state index in [9.17, 15) is 14.9 Å². The van der Waals surface area contributed by atoms with Gasteiger partial charge in [-0.2, -0.15) is 5.26 Å². The largest absolute Gasteiger partial charge is 0.481 e. The number of ether oxygens (including phenoxy) is 1. The summed E-state index contributed by atoms with van der Waals surface area (Å²) in [5, 5.41) is 15.3. The molecule has 0 spiro atoms. The first kappa shape index (κ1) is 25.1. The molecular weight excluding hydrogens is 497 g/mol. The van der Waals surface area contributed by atoms with Crippen molar-refractivity contribution in [3.63, 3.8) is 0 Å². The fourth-order valence-electron chi connectivity index (χ4n) is 2.84. The average molecular weight is 515 g/mol. The van der Waals surface area contributed by atoms with Gasteiger partial charge in [-0.3, -0.25) is 9.59 Å². The second-order valence-electron chi connectivity index (χ2n) is 7.12. The van der Waals surface area contributed by atoms with Gasteiger partial charge in [0.25, 0.3) is 11.8 Å². The SMILES string of the molecule is Cc1ccc(NC(=O)/C(C#N)=C\c2cc(Cl)c(OCC(=O)Nc3ccccc3Cl)c(Cl)c2)cc1. The smallest absolute Gasteiger partial charge is 0.266 e. The maximum absolute atomic E-state index is 12.5. The van der Waals surface area contributed by atoms with E-state index in [0.717, 1.165) is 5.56 Å². The molecule has 3 aromatic carbocycles. The molecule has 2 amide bonds. The molecule has 0 saturated carbocycles. The third kappa shape index (κ3) is 6.75. The maximum atomic E-state index is 12.5. The van der Waals surface area contributed by atoms with E-state index in [2.05, 4.69) is 10.6 Å². The molecule has 0 radical (unpaired) electrons. The van der Waals surface area contributed by atoms with Gasteiger partial charge < -0.3 is 15.4 Å². The molecule has 0 fully saturated rings. The van der Waals surface area contributed by atoms with Crippen LogP contribution in [0.25, 0.3) is 6.08 Å². The van der Waals surface area contributed by atoms with Gasteiger partial charge in [0.1, 0.15) is 11.6 Å². The predicted molar refractivity (Wildman–Crippen MR) is 135 cm³/mol. The molecule has 0 aliphatic rings. The molecule has 9 heteroatoms. The van der Waals surface area contributed by atoms with Gasteiger partial charge in [0.2, 0.25) is 0 Å². The summed E-state index contributed by atoms with van der Waals surface area (Å²) in [7, 11) is 0. The van der Waals surface area contributed by atoms with Crippen LogP contribution in [0.15, 0.2) is 66.2 Å². The number of hydrogen-bond acceptors (Lipinski definition) is 4. The summed E-state index contributed by atoms with van der Waals surface area (Å²) in [5.74, 6) is -0.934. The van der Waals surface area contributed by atoms with Gasteiger partial charge in [0.05, 0.1) is 20.8 Å². The van der Waals surface area contributed by atoms with E-state index in [0.29, 0.717) is 22.0 Å². The highest BCUT2D eigenvalue weighted by molar-refractivity contribution is 6.37. The van der Waals surface area contributed by atoms with E-state index in [1.54, 1.807) is 36.4 Å². The Bertz CT molecular complexity index is 1280. The summed E-state index contributed by atoms with van der Waals surface area (Å²) in [4.78, 5) is 24.7. The zero-order valence-corrected chi connectivity index (χ0v) is 20.1. The quantitative estimate of drug-likeness (QED) is 0.277. The molecule has 3 aromatic rings. The first-order chi connectivity index (χ1) is 16.3. The molecule has 0 atom stereocenters. The first-order valence-electron chi connectivity index (χ1n) is 9.93. The van der Waals surface area contributed by atoms with E-state index in [1.165, 1.54) is 18.2 Å². The fourth-order valence-corrected chi connectivity index (χ4v) is 3.63. The Morgan fingerprint density at radius 1 is 0.971 bits per heavy atom. The van der Waals surface area contributed by atoms with Crippen LogP contribution < -0.4 is 15.4 Å². The molecule has 0 aromatic heterocycles. The molecular formula is C25H18Cl3N3O3. The molecule has 3 rings (SSSR count). The molecule has 0 unspecified atom stereocenters. The lowest BCUT2D eigenvalue weighted by Gasteiger charge is -2.12. The molecule has 34 heavy (non-hydrogen) atoms. The van der Waals surface area contributed by atoms with Gasteiger partial charge in [0.15, 0.2) is 12.4 Å². The molecule has 6 nitrogen and oxygen atoms in total. The standard InChI is InChI=1S/C25H18Cl3N3O3/c1-15-6-8-18(9-7-15)30-25(33)17(13-29)10-16-11-20(27)24(21(28)12-16)34-14-23(32)31-22-5-3-2-4-19(22)26/h2-12H,14H2,1H3,(H,30,33)(H,31,32)/b17-10-. The molecule has 0 aliphatic heterocycles. The number of nitriles is 1. The highest BCUT2D eigenvalue weighted by Crippen LogP contribution is 2.35. The van der Waals surface area contributed by atoms with Crippen LogP contribution in [-0.4, -0.2) is 18.4 Å². The number of amides is 2. The van der Waals surface area contributed by atoms with Gasteiger partial charge in [-0.1, -0.05) is 64.6 Å². The van der Waals surface area contributed by atoms with Crippen LogP contribution >= 0.6 is 34.8 Å². The monoisotopic (exact) mass is 513 g/mol. The van der Waals surface area contributed by atoms with Crippen molar-refractivity contribution >= 4 is 64.1 Å². The number of halogens is 3. The van der Waals surface area contributed by atoms with Crippen molar-refractivity contribution in [2.24, 2.45) is 0 Å². The van der Waals surface area contributed by atoms with Crippen molar-refractivity contribution in [2.45, 2.75) is 6.92 Å². The number of nitrogens with zero attached hydrogens (tertiary/aromatic N) is 1. The Morgan fingerprint density at radius 2 is 1.62 bits per heavy atom. The first-order valence-corrected chi connectivity index (χ1v) is 11.1. The third-order valence-corrected chi connectivity index (χ3v) is 5.39. The minimum Gasteiger partial charge on any atom is -0.481 e. The molecule has 0 saturated heterocycles. The molecule has 0 bridgehead atoms. The van der Waals surface area contributed by atoms with Crippen LogP contribution in [0, 0.1) is 18.3 Å². The van der Waals surface area contributed by atoms with Gasteiger partial charge in [-0.25, -0.2) is 0 Å². The lowest BCUT2D eigenvalue weighted by Crippen LogP contribution is -2.20. The number of benzene rings is 3. The normalized spacial score (nSPS) is 10.9. The van der Waals surface area contributed by atoms with Crippen LogP contribution in [0.5, 0.6) is 5.75 Å². The Balaban J connectivity index is 1.69. The van der Waals surface area contributed by atoms with Crippen LogP contribution in [0.1, 0.15) is 11.1 Å². The maximum Gasteiger partial charge on any atom is 0.266 e. The van der Waals surface area contributed by atoms with E-state index in [1.807, 2.05) is 25.1 Å². The van der Waals surface area contributed by atoms with Crippen molar-refractivity contribution < 1.29 is 14.3 Å². The van der Waals surface area contributed by atoms with Crippen LogP contribution in [0.3, 0.4) is 0 Å². The highest BCUT2D eigenvalue weighted by atomic mass is 35.5.